The molecule has 0 bridgehead atoms. The van der Waals surface area contributed by atoms with Crippen LogP contribution in [0.4, 0.5) is 0 Å². The molecule has 1 rings (SSSR count). The van der Waals surface area contributed by atoms with Crippen molar-refractivity contribution >= 4 is 11.8 Å². The van der Waals surface area contributed by atoms with E-state index in [-0.39, 0.29) is 18.4 Å². The molecule has 1 saturated heterocycles. The molecule has 0 aromatic heterocycles. The van der Waals surface area contributed by atoms with Gasteiger partial charge in [0, 0.05) is 47.0 Å². The Morgan fingerprint density at radius 3 is 2.25 bits per heavy atom. The molecule has 116 valence electrons. The van der Waals surface area contributed by atoms with Crippen molar-refractivity contribution in [3.05, 3.63) is 0 Å². The third kappa shape index (κ3) is 5.07. The largest absolute Gasteiger partial charge is 0.385 e. The molecule has 7 nitrogen and oxygen atoms in total. The van der Waals surface area contributed by atoms with Crippen LogP contribution in [0, 0.1) is 0 Å². The van der Waals surface area contributed by atoms with Crippen LogP contribution in [0.5, 0.6) is 0 Å². The van der Waals surface area contributed by atoms with E-state index in [9.17, 15) is 9.59 Å². The van der Waals surface area contributed by atoms with Gasteiger partial charge in [0.15, 0.2) is 0 Å². The summed E-state index contributed by atoms with van der Waals surface area (Å²) in [6, 6.07) is -0.480. The highest BCUT2D eigenvalue weighted by molar-refractivity contribution is 5.82. The zero-order valence-corrected chi connectivity index (χ0v) is 12.3. The second-order valence-electron chi connectivity index (χ2n) is 4.88. The van der Waals surface area contributed by atoms with Gasteiger partial charge in [0.1, 0.15) is 6.61 Å². The van der Waals surface area contributed by atoms with Crippen LogP contribution in [-0.2, 0) is 19.1 Å². The number of hydrogen-bond acceptors (Lipinski definition) is 5. The monoisotopic (exact) mass is 287 g/mol. The molecule has 0 aromatic carbocycles. The zero-order chi connectivity index (χ0) is 15.0. The average Bonchev–Trinajstić information content (AvgIpc) is 2.47. The van der Waals surface area contributed by atoms with Crippen LogP contribution < -0.4 is 5.73 Å². The van der Waals surface area contributed by atoms with E-state index in [1.165, 1.54) is 7.11 Å². The third-order valence-electron chi connectivity index (χ3n) is 3.39. The number of piperazine rings is 1. The van der Waals surface area contributed by atoms with E-state index in [1.807, 2.05) is 0 Å². The van der Waals surface area contributed by atoms with E-state index >= 15 is 0 Å². The zero-order valence-electron chi connectivity index (χ0n) is 12.3. The Kier molecular flexibility index (Phi) is 7.50. The first-order valence-corrected chi connectivity index (χ1v) is 6.90. The summed E-state index contributed by atoms with van der Waals surface area (Å²) in [4.78, 5) is 27.2. The van der Waals surface area contributed by atoms with Gasteiger partial charge >= 0.3 is 0 Å². The van der Waals surface area contributed by atoms with E-state index in [1.54, 1.807) is 16.9 Å². The van der Waals surface area contributed by atoms with Gasteiger partial charge in [0.25, 0.3) is 0 Å². The van der Waals surface area contributed by atoms with Gasteiger partial charge in [-0.1, -0.05) is 0 Å². The van der Waals surface area contributed by atoms with E-state index in [4.69, 9.17) is 15.2 Å². The summed E-state index contributed by atoms with van der Waals surface area (Å²) in [5.41, 5.74) is 5.88. The molecule has 0 saturated carbocycles. The van der Waals surface area contributed by atoms with E-state index in [0.29, 0.717) is 39.2 Å². The average molecular weight is 287 g/mol. The van der Waals surface area contributed by atoms with Crippen molar-refractivity contribution < 1.29 is 19.1 Å². The predicted molar refractivity (Wildman–Crippen MR) is 74.1 cm³/mol. The minimum Gasteiger partial charge on any atom is -0.385 e. The minimum atomic E-state index is -0.480. The lowest BCUT2D eigenvalue weighted by Gasteiger charge is -2.35. The first-order chi connectivity index (χ1) is 9.60. The highest BCUT2D eigenvalue weighted by Gasteiger charge is 2.26. The van der Waals surface area contributed by atoms with Gasteiger partial charge in [-0.2, -0.15) is 0 Å². The van der Waals surface area contributed by atoms with Gasteiger partial charge in [0.2, 0.25) is 11.8 Å². The number of rotatable bonds is 7. The highest BCUT2D eigenvalue weighted by Crippen LogP contribution is 2.06. The lowest BCUT2D eigenvalue weighted by atomic mass is 10.1. The van der Waals surface area contributed by atoms with Gasteiger partial charge in [-0.3, -0.25) is 9.59 Å². The smallest absolute Gasteiger partial charge is 0.248 e. The molecular weight excluding hydrogens is 262 g/mol. The Balaban J connectivity index is 2.33. The Bertz CT molecular complexity index is 317. The van der Waals surface area contributed by atoms with Crippen molar-refractivity contribution in [2.24, 2.45) is 5.73 Å². The van der Waals surface area contributed by atoms with Crippen LogP contribution in [0.25, 0.3) is 0 Å². The number of ether oxygens (including phenoxy) is 2. The Hall–Kier alpha value is -1.18. The summed E-state index contributed by atoms with van der Waals surface area (Å²) in [6.07, 6.45) is 1.39. The second-order valence-corrected chi connectivity index (χ2v) is 4.88. The lowest BCUT2D eigenvalue weighted by Crippen LogP contribution is -2.54. The SMILES string of the molecule is COCCCC(N)C(=O)N1CCN(C(=O)COC)CC1. The van der Waals surface area contributed by atoms with E-state index in [0.717, 1.165) is 6.42 Å². The quantitative estimate of drug-likeness (QED) is 0.611. The molecule has 0 radical (unpaired) electrons. The van der Waals surface area contributed by atoms with Crippen LogP contribution >= 0.6 is 0 Å². The van der Waals surface area contributed by atoms with Crippen molar-refractivity contribution in [2.45, 2.75) is 18.9 Å². The molecule has 0 aromatic rings. The molecule has 2 N–H and O–H groups in total. The minimum absolute atomic E-state index is 0.0380. The second kappa shape index (κ2) is 8.89. The summed E-state index contributed by atoms with van der Waals surface area (Å²) in [6.45, 7) is 2.85. The van der Waals surface area contributed by atoms with E-state index in [2.05, 4.69) is 0 Å². The van der Waals surface area contributed by atoms with E-state index < -0.39 is 6.04 Å². The molecule has 20 heavy (non-hydrogen) atoms. The number of methoxy groups -OCH3 is 2. The number of nitrogens with zero attached hydrogens (tertiary/aromatic N) is 2. The van der Waals surface area contributed by atoms with Crippen LogP contribution in [0.2, 0.25) is 0 Å². The first-order valence-electron chi connectivity index (χ1n) is 6.90. The molecule has 1 unspecified atom stereocenters. The molecule has 1 fully saturated rings. The number of nitrogens with two attached hydrogens (primary N) is 1. The number of amides is 2. The number of carbonyl (C=O) groups is 2. The first kappa shape index (κ1) is 16.9. The molecule has 0 spiro atoms. The van der Waals surface area contributed by atoms with Crippen molar-refractivity contribution in [3.8, 4) is 0 Å². The summed E-state index contributed by atoms with van der Waals surface area (Å²) < 4.78 is 9.77. The van der Waals surface area contributed by atoms with Crippen LogP contribution in [-0.4, -0.2) is 81.3 Å². The van der Waals surface area contributed by atoms with Gasteiger partial charge < -0.3 is 25.0 Å². The summed E-state index contributed by atoms with van der Waals surface area (Å²) in [5, 5.41) is 0. The molecule has 1 atom stereocenters. The van der Waals surface area contributed by atoms with Gasteiger partial charge in [0.05, 0.1) is 6.04 Å². The highest BCUT2D eigenvalue weighted by atomic mass is 16.5. The van der Waals surface area contributed by atoms with Crippen molar-refractivity contribution in [1.82, 2.24) is 9.80 Å². The number of carbonyl (C=O) groups excluding carboxylic acids is 2. The molecule has 1 aliphatic rings. The number of hydrogen-bond donors (Lipinski definition) is 1. The maximum Gasteiger partial charge on any atom is 0.248 e. The Morgan fingerprint density at radius 1 is 1.10 bits per heavy atom. The third-order valence-corrected chi connectivity index (χ3v) is 3.39. The molecule has 0 aliphatic carbocycles. The summed E-state index contributed by atoms with van der Waals surface area (Å²) in [5.74, 6) is -0.0797. The lowest BCUT2D eigenvalue weighted by molar-refractivity contribution is -0.142. The predicted octanol–water partition coefficient (Wildman–Crippen LogP) is -0.942. The maximum absolute atomic E-state index is 12.1. The molecule has 1 heterocycles. The van der Waals surface area contributed by atoms with Crippen molar-refractivity contribution in [3.63, 3.8) is 0 Å². The molecule has 1 aliphatic heterocycles. The Labute approximate surface area is 120 Å². The van der Waals surface area contributed by atoms with Crippen LogP contribution in [0.3, 0.4) is 0 Å². The molecule has 2 amide bonds. The Morgan fingerprint density at radius 2 is 1.70 bits per heavy atom. The summed E-state index contributed by atoms with van der Waals surface area (Å²) in [7, 11) is 3.13. The normalized spacial score (nSPS) is 17.1. The fourth-order valence-electron chi connectivity index (χ4n) is 2.20. The van der Waals surface area contributed by atoms with Gasteiger partial charge in [-0.25, -0.2) is 0 Å². The molecule has 7 heteroatoms. The van der Waals surface area contributed by atoms with Gasteiger partial charge in [-0.15, -0.1) is 0 Å². The van der Waals surface area contributed by atoms with Gasteiger partial charge in [-0.05, 0) is 12.8 Å². The summed E-state index contributed by atoms with van der Waals surface area (Å²) >= 11 is 0. The maximum atomic E-state index is 12.1. The standard InChI is InChI=1S/C13H25N3O4/c1-19-9-3-4-11(14)13(18)16-7-5-15(6-8-16)12(17)10-20-2/h11H,3-10,14H2,1-2H3. The topological polar surface area (TPSA) is 85.1 Å². The van der Waals surface area contributed by atoms with Crippen LogP contribution in [0.1, 0.15) is 12.8 Å². The van der Waals surface area contributed by atoms with Crippen LogP contribution in [0.15, 0.2) is 0 Å². The fourth-order valence-corrected chi connectivity index (χ4v) is 2.20. The molecular formula is C13H25N3O4. The fraction of sp³-hybridized carbons (Fsp3) is 0.846. The van der Waals surface area contributed by atoms with Crippen molar-refractivity contribution in [1.29, 1.82) is 0 Å². The van der Waals surface area contributed by atoms with Crippen molar-refractivity contribution in [2.75, 3.05) is 53.6 Å².